The molecule has 0 radical (unpaired) electrons. The zero-order valence-electron chi connectivity index (χ0n) is 8.43. The number of rotatable bonds is 3. The van der Waals surface area contributed by atoms with Crippen molar-refractivity contribution in [3.8, 4) is 5.75 Å². The van der Waals surface area contributed by atoms with Crippen molar-refractivity contribution in [1.82, 2.24) is 0 Å². The fraction of sp³-hybridized carbons (Fsp3) is 0.200. The lowest BCUT2D eigenvalue weighted by Crippen LogP contribution is -2.02. The minimum absolute atomic E-state index is 0.0950. The van der Waals surface area contributed by atoms with Gasteiger partial charge in [0.1, 0.15) is 18.4 Å². The van der Waals surface area contributed by atoms with Crippen LogP contribution in [-0.2, 0) is 9.57 Å². The number of hydrogen-bond donors (Lipinski definition) is 1. The molecule has 1 rings (SSSR count). The van der Waals surface area contributed by atoms with Gasteiger partial charge in [-0.05, 0) is 23.8 Å². The number of ether oxygens (including phenoxy) is 1. The van der Waals surface area contributed by atoms with Crippen LogP contribution in [0.25, 0.3) is 0 Å². The van der Waals surface area contributed by atoms with Crippen molar-refractivity contribution < 1.29 is 19.5 Å². The Bertz CT molecular complexity index is 387. The van der Waals surface area contributed by atoms with Crippen LogP contribution in [0.3, 0.4) is 0 Å². The van der Waals surface area contributed by atoms with E-state index in [0.717, 1.165) is 0 Å². The maximum absolute atomic E-state index is 11.2. The first-order valence-electron chi connectivity index (χ1n) is 4.17. The molecule has 0 atom stereocenters. The van der Waals surface area contributed by atoms with Gasteiger partial charge in [0.2, 0.25) is 0 Å². The molecule has 0 aliphatic carbocycles. The molecule has 0 saturated heterocycles. The van der Waals surface area contributed by atoms with Gasteiger partial charge in [0.05, 0.1) is 13.3 Å². The minimum atomic E-state index is -0.597. The van der Waals surface area contributed by atoms with E-state index in [1.54, 1.807) is 6.07 Å². The Balaban J connectivity index is 3.05. The molecule has 0 unspecified atom stereocenters. The van der Waals surface area contributed by atoms with Crippen molar-refractivity contribution in [2.75, 3.05) is 14.2 Å². The second-order valence-corrected chi connectivity index (χ2v) is 2.69. The van der Waals surface area contributed by atoms with Crippen molar-refractivity contribution in [3.05, 3.63) is 29.3 Å². The van der Waals surface area contributed by atoms with Gasteiger partial charge in [-0.1, -0.05) is 5.16 Å². The predicted molar refractivity (Wildman–Crippen MR) is 54.0 cm³/mol. The number of nitrogens with zero attached hydrogens (tertiary/aromatic N) is 1. The Morgan fingerprint density at radius 2 is 2.20 bits per heavy atom. The molecule has 0 spiro atoms. The maximum atomic E-state index is 11.2. The fourth-order valence-corrected chi connectivity index (χ4v) is 1.02. The molecule has 15 heavy (non-hydrogen) atoms. The second-order valence-electron chi connectivity index (χ2n) is 2.69. The Labute approximate surface area is 86.9 Å². The Hall–Kier alpha value is -2.04. The number of esters is 1. The van der Waals surface area contributed by atoms with Crippen LogP contribution in [0.4, 0.5) is 0 Å². The number of phenols is 1. The number of carbonyl (C=O) groups excluding carboxylic acids is 1. The van der Waals surface area contributed by atoms with E-state index in [0.29, 0.717) is 5.56 Å². The number of oxime groups is 1. The number of hydrogen-bond acceptors (Lipinski definition) is 5. The fourth-order valence-electron chi connectivity index (χ4n) is 1.02. The Kier molecular flexibility index (Phi) is 3.68. The van der Waals surface area contributed by atoms with E-state index in [9.17, 15) is 9.90 Å². The van der Waals surface area contributed by atoms with Gasteiger partial charge in [0.25, 0.3) is 0 Å². The molecule has 0 aliphatic heterocycles. The summed E-state index contributed by atoms with van der Waals surface area (Å²) in [5.74, 6) is -0.725. The van der Waals surface area contributed by atoms with Crippen LogP contribution >= 0.6 is 0 Å². The molecule has 0 fully saturated rings. The lowest BCUT2D eigenvalue weighted by molar-refractivity contribution is 0.0597. The highest BCUT2D eigenvalue weighted by Crippen LogP contribution is 2.18. The molecule has 0 amide bonds. The van der Waals surface area contributed by atoms with Crippen LogP contribution in [0.2, 0.25) is 0 Å². The highest BCUT2D eigenvalue weighted by Gasteiger charge is 2.11. The van der Waals surface area contributed by atoms with Crippen molar-refractivity contribution in [2.24, 2.45) is 5.16 Å². The van der Waals surface area contributed by atoms with Gasteiger partial charge in [-0.3, -0.25) is 0 Å². The molecule has 0 heterocycles. The number of phenolic OH excluding ortho intramolecular Hbond substituents is 1. The largest absolute Gasteiger partial charge is 0.507 e. The van der Waals surface area contributed by atoms with E-state index >= 15 is 0 Å². The lowest BCUT2D eigenvalue weighted by atomic mass is 10.1. The van der Waals surface area contributed by atoms with Crippen LogP contribution < -0.4 is 0 Å². The summed E-state index contributed by atoms with van der Waals surface area (Å²) >= 11 is 0. The molecule has 1 aromatic rings. The third kappa shape index (κ3) is 2.70. The molecular weight excluding hydrogens is 198 g/mol. The van der Waals surface area contributed by atoms with E-state index in [4.69, 9.17) is 0 Å². The first kappa shape index (κ1) is 11.0. The highest BCUT2D eigenvalue weighted by atomic mass is 16.6. The summed E-state index contributed by atoms with van der Waals surface area (Å²) in [4.78, 5) is 15.7. The van der Waals surface area contributed by atoms with Gasteiger partial charge >= 0.3 is 5.97 Å². The number of methoxy groups -OCH3 is 1. The summed E-state index contributed by atoms with van der Waals surface area (Å²) in [6.45, 7) is 0. The van der Waals surface area contributed by atoms with E-state index < -0.39 is 5.97 Å². The molecule has 5 heteroatoms. The van der Waals surface area contributed by atoms with Gasteiger partial charge in [0.15, 0.2) is 0 Å². The van der Waals surface area contributed by atoms with Crippen molar-refractivity contribution in [3.63, 3.8) is 0 Å². The molecule has 1 aromatic carbocycles. The molecule has 0 aliphatic rings. The van der Waals surface area contributed by atoms with Crippen LogP contribution in [0.5, 0.6) is 5.75 Å². The normalized spacial score (nSPS) is 10.3. The first-order chi connectivity index (χ1) is 7.19. The monoisotopic (exact) mass is 209 g/mol. The SMILES string of the molecule is CO/N=C/c1ccc(O)c(C(=O)OC)c1. The second kappa shape index (κ2) is 4.99. The van der Waals surface area contributed by atoms with Crippen LogP contribution in [-0.4, -0.2) is 31.5 Å². The molecule has 1 N–H and O–H groups in total. The summed E-state index contributed by atoms with van der Waals surface area (Å²) in [5.41, 5.74) is 0.729. The third-order valence-electron chi connectivity index (χ3n) is 1.73. The maximum Gasteiger partial charge on any atom is 0.341 e. The van der Waals surface area contributed by atoms with Crippen molar-refractivity contribution in [2.45, 2.75) is 0 Å². The lowest BCUT2D eigenvalue weighted by Gasteiger charge is -2.02. The third-order valence-corrected chi connectivity index (χ3v) is 1.73. The van der Waals surface area contributed by atoms with E-state index in [1.165, 1.54) is 32.6 Å². The summed E-state index contributed by atoms with van der Waals surface area (Å²) < 4.78 is 4.50. The van der Waals surface area contributed by atoms with E-state index in [-0.39, 0.29) is 11.3 Å². The van der Waals surface area contributed by atoms with Gasteiger partial charge in [-0.2, -0.15) is 0 Å². The molecule has 0 saturated carbocycles. The predicted octanol–water partition coefficient (Wildman–Crippen LogP) is 1.16. The first-order valence-corrected chi connectivity index (χ1v) is 4.17. The number of benzene rings is 1. The Morgan fingerprint density at radius 3 is 2.80 bits per heavy atom. The van der Waals surface area contributed by atoms with Gasteiger partial charge in [-0.15, -0.1) is 0 Å². The molecule has 0 aromatic heterocycles. The molecule has 5 nitrogen and oxygen atoms in total. The van der Waals surface area contributed by atoms with Gasteiger partial charge in [0, 0.05) is 0 Å². The zero-order chi connectivity index (χ0) is 11.3. The zero-order valence-corrected chi connectivity index (χ0v) is 8.43. The van der Waals surface area contributed by atoms with E-state index in [1.807, 2.05) is 0 Å². The molecular formula is C10H11NO4. The molecule has 80 valence electrons. The minimum Gasteiger partial charge on any atom is -0.507 e. The highest BCUT2D eigenvalue weighted by molar-refractivity contribution is 5.94. The number of aromatic hydroxyl groups is 1. The van der Waals surface area contributed by atoms with Crippen LogP contribution in [0, 0.1) is 0 Å². The summed E-state index contributed by atoms with van der Waals surface area (Å²) in [5, 5.41) is 12.9. The smallest absolute Gasteiger partial charge is 0.341 e. The summed E-state index contributed by atoms with van der Waals surface area (Å²) in [6, 6.07) is 4.46. The van der Waals surface area contributed by atoms with Gasteiger partial charge in [-0.25, -0.2) is 4.79 Å². The topological polar surface area (TPSA) is 68.1 Å². The summed E-state index contributed by atoms with van der Waals surface area (Å²) in [7, 11) is 2.66. The quantitative estimate of drug-likeness (QED) is 0.460. The van der Waals surface area contributed by atoms with Crippen LogP contribution in [0.1, 0.15) is 15.9 Å². The van der Waals surface area contributed by atoms with Gasteiger partial charge < -0.3 is 14.7 Å². The number of carbonyl (C=O) groups is 1. The Morgan fingerprint density at radius 1 is 1.47 bits per heavy atom. The molecule has 0 bridgehead atoms. The van der Waals surface area contributed by atoms with Crippen LogP contribution in [0.15, 0.2) is 23.4 Å². The van der Waals surface area contributed by atoms with Crippen molar-refractivity contribution in [1.29, 1.82) is 0 Å². The van der Waals surface area contributed by atoms with E-state index in [2.05, 4.69) is 14.7 Å². The van der Waals surface area contributed by atoms with Crippen molar-refractivity contribution >= 4 is 12.2 Å². The standard InChI is InChI=1S/C10H11NO4/c1-14-10(13)8-5-7(6-11-15-2)3-4-9(8)12/h3-6,12H,1-2H3/b11-6+. The average Bonchev–Trinajstić information content (AvgIpc) is 2.27. The summed E-state index contributed by atoms with van der Waals surface area (Å²) in [6.07, 6.45) is 1.42. The average molecular weight is 209 g/mol.